The molecule has 6 nitrogen and oxygen atoms in total. The summed E-state index contributed by atoms with van der Waals surface area (Å²) in [5, 5.41) is 20.2. The molecule has 0 bridgehead atoms. The van der Waals surface area contributed by atoms with Crippen LogP contribution in [0.2, 0.25) is 0 Å². The summed E-state index contributed by atoms with van der Waals surface area (Å²) >= 11 is 1.32. The summed E-state index contributed by atoms with van der Waals surface area (Å²) in [6, 6.07) is 4.36. The van der Waals surface area contributed by atoms with E-state index in [1.807, 2.05) is 6.92 Å². The molecule has 1 heterocycles. The number of ether oxygens (including phenoxy) is 1. The first-order valence-electron chi connectivity index (χ1n) is 5.79. The Labute approximate surface area is 113 Å². The molecule has 1 aromatic carbocycles. The van der Waals surface area contributed by atoms with Crippen LogP contribution in [0, 0.1) is 10.1 Å². The Hall–Kier alpha value is -1.60. The van der Waals surface area contributed by atoms with E-state index in [1.54, 1.807) is 6.07 Å². The predicted molar refractivity (Wildman–Crippen MR) is 69.7 cm³/mol. The maximum absolute atomic E-state index is 11.1. The number of nitrogens with zero attached hydrogens (tertiary/aromatic N) is 1. The molecule has 1 N–H and O–H groups in total. The zero-order chi connectivity index (χ0) is 14.0. The molecule has 0 saturated carbocycles. The van der Waals surface area contributed by atoms with Crippen LogP contribution in [0.15, 0.2) is 23.1 Å². The summed E-state index contributed by atoms with van der Waals surface area (Å²) in [5.41, 5.74) is -0.610. The van der Waals surface area contributed by atoms with E-state index in [1.165, 1.54) is 23.9 Å². The molecule has 19 heavy (non-hydrogen) atoms. The Kier molecular flexibility index (Phi) is 4.06. The van der Waals surface area contributed by atoms with Gasteiger partial charge in [0.25, 0.3) is 5.69 Å². The molecule has 0 aliphatic carbocycles. The highest BCUT2D eigenvalue weighted by Gasteiger charge is 2.30. The quantitative estimate of drug-likeness (QED) is 0.674. The first-order chi connectivity index (χ1) is 9.00. The number of hydrogen-bond donors (Lipinski definition) is 1. The second-order valence-electron chi connectivity index (χ2n) is 4.24. The Morgan fingerprint density at radius 3 is 2.84 bits per heavy atom. The molecule has 1 aliphatic rings. The fourth-order valence-corrected chi connectivity index (χ4v) is 3.27. The molecule has 1 aromatic rings. The standard InChI is InChI=1S/C12H13NO5S/c1-7-9(5-6-18-7)19-10-4-2-3-8(12(14)15)11(10)13(16)17/h2-4,7,9H,5-6H2,1H3,(H,14,15). The Balaban J connectivity index is 2.36. The summed E-state index contributed by atoms with van der Waals surface area (Å²) in [4.78, 5) is 21.9. The number of aromatic carboxylic acids is 1. The summed E-state index contributed by atoms with van der Waals surface area (Å²) in [6.45, 7) is 2.54. The Morgan fingerprint density at radius 1 is 1.58 bits per heavy atom. The maximum Gasteiger partial charge on any atom is 0.342 e. The number of carboxylic acids is 1. The molecule has 102 valence electrons. The average Bonchev–Trinajstić information content (AvgIpc) is 2.74. The fourth-order valence-electron chi connectivity index (χ4n) is 2.01. The predicted octanol–water partition coefficient (Wildman–Crippen LogP) is 2.56. The molecule has 0 radical (unpaired) electrons. The molecular weight excluding hydrogens is 270 g/mol. The van der Waals surface area contributed by atoms with E-state index in [-0.39, 0.29) is 22.6 Å². The lowest BCUT2D eigenvalue weighted by atomic mass is 10.2. The molecule has 1 fully saturated rings. The molecule has 1 saturated heterocycles. The molecule has 7 heteroatoms. The van der Waals surface area contributed by atoms with Gasteiger partial charge in [0.2, 0.25) is 0 Å². The van der Waals surface area contributed by atoms with Gasteiger partial charge in [0.05, 0.1) is 15.9 Å². The van der Waals surface area contributed by atoms with Crippen molar-refractivity contribution in [3.05, 3.63) is 33.9 Å². The molecule has 0 aromatic heterocycles. The number of carbonyl (C=O) groups is 1. The number of rotatable bonds is 4. The zero-order valence-corrected chi connectivity index (χ0v) is 11.1. The van der Waals surface area contributed by atoms with Crippen molar-refractivity contribution in [3.8, 4) is 0 Å². The number of thioether (sulfide) groups is 1. The summed E-state index contributed by atoms with van der Waals surface area (Å²) < 4.78 is 5.41. The molecule has 1 aliphatic heterocycles. The maximum atomic E-state index is 11.1. The van der Waals surface area contributed by atoms with Crippen molar-refractivity contribution >= 4 is 23.4 Å². The topological polar surface area (TPSA) is 89.7 Å². The van der Waals surface area contributed by atoms with Gasteiger partial charge >= 0.3 is 5.97 Å². The Bertz CT molecular complexity index is 519. The van der Waals surface area contributed by atoms with Crippen molar-refractivity contribution in [3.63, 3.8) is 0 Å². The summed E-state index contributed by atoms with van der Waals surface area (Å²) in [7, 11) is 0. The van der Waals surface area contributed by atoms with Gasteiger partial charge in [0.15, 0.2) is 0 Å². The normalized spacial score (nSPS) is 22.4. The van der Waals surface area contributed by atoms with E-state index in [2.05, 4.69) is 0 Å². The van der Waals surface area contributed by atoms with E-state index in [9.17, 15) is 14.9 Å². The minimum atomic E-state index is -1.29. The zero-order valence-electron chi connectivity index (χ0n) is 10.2. The van der Waals surface area contributed by atoms with Crippen molar-refractivity contribution in [2.75, 3.05) is 6.61 Å². The van der Waals surface area contributed by atoms with Crippen LogP contribution in [-0.4, -0.2) is 34.0 Å². The van der Waals surface area contributed by atoms with Crippen LogP contribution in [-0.2, 0) is 4.74 Å². The monoisotopic (exact) mass is 283 g/mol. The highest BCUT2D eigenvalue weighted by molar-refractivity contribution is 8.00. The number of hydrogen-bond acceptors (Lipinski definition) is 5. The summed E-state index contributed by atoms with van der Waals surface area (Å²) in [5.74, 6) is -1.29. The average molecular weight is 283 g/mol. The van der Waals surface area contributed by atoms with Crippen LogP contribution in [0.25, 0.3) is 0 Å². The Morgan fingerprint density at radius 2 is 2.32 bits per heavy atom. The van der Waals surface area contributed by atoms with E-state index >= 15 is 0 Å². The molecule has 2 rings (SSSR count). The van der Waals surface area contributed by atoms with Gasteiger partial charge in [-0.05, 0) is 25.5 Å². The van der Waals surface area contributed by atoms with Gasteiger partial charge in [-0.15, -0.1) is 11.8 Å². The second kappa shape index (κ2) is 5.58. The third-order valence-corrected chi connectivity index (χ3v) is 4.50. The molecule has 0 spiro atoms. The molecule has 0 amide bonds. The highest BCUT2D eigenvalue weighted by atomic mass is 32.2. The first kappa shape index (κ1) is 13.8. The van der Waals surface area contributed by atoms with Crippen LogP contribution in [0.5, 0.6) is 0 Å². The molecule has 2 unspecified atom stereocenters. The fraction of sp³-hybridized carbons (Fsp3) is 0.417. The SMILES string of the molecule is CC1OCCC1Sc1cccc(C(=O)O)c1[N+](=O)[O-]. The van der Waals surface area contributed by atoms with E-state index < -0.39 is 10.9 Å². The van der Waals surface area contributed by atoms with Gasteiger partial charge in [0.1, 0.15) is 5.56 Å². The largest absolute Gasteiger partial charge is 0.477 e. The van der Waals surface area contributed by atoms with Crippen molar-refractivity contribution in [1.82, 2.24) is 0 Å². The lowest BCUT2D eigenvalue weighted by Gasteiger charge is -2.13. The lowest BCUT2D eigenvalue weighted by molar-refractivity contribution is -0.388. The second-order valence-corrected chi connectivity index (χ2v) is 5.52. The third-order valence-electron chi connectivity index (χ3n) is 3.00. The highest BCUT2D eigenvalue weighted by Crippen LogP contribution is 2.39. The van der Waals surface area contributed by atoms with Crippen LogP contribution in [0.1, 0.15) is 23.7 Å². The van der Waals surface area contributed by atoms with Crippen LogP contribution in [0.4, 0.5) is 5.69 Å². The molecular formula is C12H13NO5S. The van der Waals surface area contributed by atoms with Crippen molar-refractivity contribution < 1.29 is 19.6 Å². The van der Waals surface area contributed by atoms with Crippen LogP contribution >= 0.6 is 11.8 Å². The van der Waals surface area contributed by atoms with Crippen LogP contribution in [0.3, 0.4) is 0 Å². The van der Waals surface area contributed by atoms with E-state index in [4.69, 9.17) is 9.84 Å². The minimum absolute atomic E-state index is 0.0121. The van der Waals surface area contributed by atoms with Gasteiger partial charge in [-0.25, -0.2) is 4.79 Å². The number of carboxylic acid groups (broad SMARTS) is 1. The number of nitro groups is 1. The smallest absolute Gasteiger partial charge is 0.342 e. The summed E-state index contributed by atoms with van der Waals surface area (Å²) in [6.07, 6.45) is 0.818. The van der Waals surface area contributed by atoms with Gasteiger partial charge in [-0.2, -0.15) is 0 Å². The lowest BCUT2D eigenvalue weighted by Crippen LogP contribution is -2.14. The van der Waals surface area contributed by atoms with Crippen molar-refractivity contribution in [1.29, 1.82) is 0 Å². The van der Waals surface area contributed by atoms with E-state index in [0.717, 1.165) is 6.42 Å². The minimum Gasteiger partial charge on any atom is -0.477 e. The van der Waals surface area contributed by atoms with Gasteiger partial charge in [0, 0.05) is 11.9 Å². The first-order valence-corrected chi connectivity index (χ1v) is 6.67. The third kappa shape index (κ3) is 2.87. The van der Waals surface area contributed by atoms with Crippen molar-refractivity contribution in [2.24, 2.45) is 0 Å². The van der Waals surface area contributed by atoms with Crippen molar-refractivity contribution in [2.45, 2.75) is 29.6 Å². The van der Waals surface area contributed by atoms with Crippen LogP contribution < -0.4 is 0 Å². The number of nitro benzene ring substituents is 1. The van der Waals surface area contributed by atoms with Gasteiger partial charge in [-0.3, -0.25) is 10.1 Å². The van der Waals surface area contributed by atoms with Gasteiger partial charge < -0.3 is 9.84 Å². The number of para-hydroxylation sites is 1. The van der Waals surface area contributed by atoms with E-state index in [0.29, 0.717) is 11.5 Å². The number of benzene rings is 1. The van der Waals surface area contributed by atoms with Gasteiger partial charge in [-0.1, -0.05) is 6.07 Å². The molecule has 2 atom stereocenters.